The van der Waals surface area contributed by atoms with E-state index in [0.717, 1.165) is 18.2 Å². The zero-order valence-electron chi connectivity index (χ0n) is 12.6. The molecule has 1 aromatic rings. The maximum absolute atomic E-state index is 11.4. The largest absolute Gasteiger partial charge is 0.477 e. The third-order valence-electron chi connectivity index (χ3n) is 2.83. The second-order valence-corrected chi connectivity index (χ2v) is 4.98. The molecule has 0 saturated carbocycles. The van der Waals surface area contributed by atoms with E-state index in [1.54, 1.807) is 13.0 Å². The number of carboxylic acids is 1. The van der Waals surface area contributed by atoms with E-state index in [2.05, 4.69) is 4.74 Å². The predicted octanol–water partition coefficient (Wildman–Crippen LogP) is 3.79. The van der Waals surface area contributed by atoms with E-state index in [-0.39, 0.29) is 0 Å². The third kappa shape index (κ3) is 4.90. The molecule has 1 aromatic carbocycles. The molecule has 116 valence electrons. The lowest BCUT2D eigenvalue weighted by molar-refractivity contribution is -0.142. The lowest BCUT2D eigenvalue weighted by Crippen LogP contribution is -2.13. The lowest BCUT2D eigenvalue weighted by atomic mass is 10.1. The van der Waals surface area contributed by atoms with Gasteiger partial charge in [-0.2, -0.15) is 0 Å². The fourth-order valence-corrected chi connectivity index (χ4v) is 1.98. The Morgan fingerprint density at radius 1 is 1.14 bits per heavy atom. The fraction of sp³-hybridized carbons (Fsp3) is 0.176. The van der Waals surface area contributed by atoms with Gasteiger partial charge in [0.2, 0.25) is 0 Å². The van der Waals surface area contributed by atoms with Crippen LogP contribution in [0.5, 0.6) is 0 Å². The van der Waals surface area contributed by atoms with Crippen LogP contribution in [-0.4, -0.2) is 24.2 Å². The number of allylic oxidation sites excluding steroid dienone is 4. The Hall–Kier alpha value is -2.33. The number of halogens is 1. The van der Waals surface area contributed by atoms with Gasteiger partial charge in [-0.3, -0.25) is 0 Å². The van der Waals surface area contributed by atoms with Crippen molar-refractivity contribution in [2.45, 2.75) is 13.8 Å². The molecule has 0 aliphatic heterocycles. The summed E-state index contributed by atoms with van der Waals surface area (Å²) in [4.78, 5) is 22.4. The molecule has 0 fully saturated rings. The summed E-state index contributed by atoms with van der Waals surface area (Å²) in [6.45, 7) is 3.50. The molecule has 0 saturated heterocycles. The molecular weight excluding hydrogens is 304 g/mol. The zero-order valence-corrected chi connectivity index (χ0v) is 13.3. The van der Waals surface area contributed by atoms with Crippen LogP contribution in [0.15, 0.2) is 59.2 Å². The van der Waals surface area contributed by atoms with E-state index in [1.165, 1.54) is 6.08 Å². The minimum atomic E-state index is -1.34. The molecule has 0 amide bonds. The molecule has 0 unspecified atom stereocenters. The molecule has 4 nitrogen and oxygen atoms in total. The van der Waals surface area contributed by atoms with E-state index < -0.39 is 17.5 Å². The third-order valence-corrected chi connectivity index (χ3v) is 3.34. The number of esters is 1. The number of methoxy groups -OCH3 is 1. The van der Waals surface area contributed by atoms with Gasteiger partial charge in [-0.15, -0.1) is 0 Å². The van der Waals surface area contributed by atoms with Crippen molar-refractivity contribution in [3.05, 3.63) is 64.8 Å². The van der Waals surface area contributed by atoms with Crippen LogP contribution < -0.4 is 0 Å². The molecule has 0 aliphatic rings. The van der Waals surface area contributed by atoms with Crippen molar-refractivity contribution in [2.75, 3.05) is 7.11 Å². The summed E-state index contributed by atoms with van der Waals surface area (Å²) < 4.78 is 4.44. The minimum Gasteiger partial charge on any atom is -0.477 e. The Bertz CT molecular complexity index is 654. The summed E-state index contributed by atoms with van der Waals surface area (Å²) in [5.74, 6) is -2.23. The van der Waals surface area contributed by atoms with Crippen molar-refractivity contribution in [3.63, 3.8) is 0 Å². The second kappa shape index (κ2) is 8.20. The van der Waals surface area contributed by atoms with E-state index >= 15 is 0 Å². The first-order valence-corrected chi connectivity index (χ1v) is 6.88. The quantitative estimate of drug-likeness (QED) is 0.295. The molecule has 0 heterocycles. The van der Waals surface area contributed by atoms with Gasteiger partial charge in [0.15, 0.2) is 0 Å². The summed E-state index contributed by atoms with van der Waals surface area (Å²) in [7, 11) is 1.13. The van der Waals surface area contributed by atoms with Crippen LogP contribution in [0.1, 0.15) is 19.4 Å². The van der Waals surface area contributed by atoms with Gasteiger partial charge in [0.25, 0.3) is 0 Å². The van der Waals surface area contributed by atoms with Crippen LogP contribution in [0.3, 0.4) is 0 Å². The topological polar surface area (TPSA) is 63.6 Å². The maximum atomic E-state index is 11.4. The van der Waals surface area contributed by atoms with Gasteiger partial charge in [0, 0.05) is 0 Å². The average Bonchev–Trinajstić information content (AvgIpc) is 2.51. The summed E-state index contributed by atoms with van der Waals surface area (Å²) in [6, 6.07) is 9.40. The highest BCUT2D eigenvalue weighted by molar-refractivity contribution is 6.49. The van der Waals surface area contributed by atoms with Crippen molar-refractivity contribution in [2.24, 2.45) is 0 Å². The first-order chi connectivity index (χ1) is 10.4. The minimum absolute atomic E-state index is 0.431. The van der Waals surface area contributed by atoms with Gasteiger partial charge in [-0.05, 0) is 36.6 Å². The molecule has 0 spiro atoms. The van der Waals surface area contributed by atoms with E-state index in [1.807, 2.05) is 37.3 Å². The van der Waals surface area contributed by atoms with Gasteiger partial charge >= 0.3 is 11.9 Å². The van der Waals surface area contributed by atoms with E-state index in [4.69, 9.17) is 16.7 Å². The summed E-state index contributed by atoms with van der Waals surface area (Å²) >= 11 is 6.30. The summed E-state index contributed by atoms with van der Waals surface area (Å²) in [5.41, 5.74) is 1.77. The van der Waals surface area contributed by atoms with Crippen molar-refractivity contribution in [1.82, 2.24) is 0 Å². The standard InChI is InChI=1S/C17H17ClO4/c1-11(10-14(16(19)20)17(21)22-3)9-12(2)15(18)13-7-5-4-6-8-13/h4-10H,1-3H3,(H,19,20)/b11-9+,14-10+,15-12-. The molecule has 1 rings (SSSR count). The SMILES string of the molecule is COC(=O)/C(=C/C(C)=C/C(C)=C(\Cl)c1ccccc1)C(=O)O. The van der Waals surface area contributed by atoms with Gasteiger partial charge < -0.3 is 9.84 Å². The highest BCUT2D eigenvalue weighted by atomic mass is 35.5. The first-order valence-electron chi connectivity index (χ1n) is 6.50. The van der Waals surface area contributed by atoms with Gasteiger partial charge in [-0.1, -0.05) is 48.0 Å². The molecule has 0 aromatic heterocycles. The predicted molar refractivity (Wildman–Crippen MR) is 86.4 cm³/mol. The Balaban J connectivity index is 3.15. The van der Waals surface area contributed by atoms with E-state index in [9.17, 15) is 9.59 Å². The molecule has 22 heavy (non-hydrogen) atoms. The van der Waals surface area contributed by atoms with Crippen LogP contribution in [0.4, 0.5) is 0 Å². The number of ether oxygens (including phenoxy) is 1. The van der Waals surface area contributed by atoms with Gasteiger partial charge in [0.1, 0.15) is 5.57 Å². The maximum Gasteiger partial charge on any atom is 0.345 e. The fourth-order valence-electron chi connectivity index (χ4n) is 1.80. The van der Waals surface area contributed by atoms with Crippen LogP contribution in [0.2, 0.25) is 0 Å². The molecule has 0 atom stereocenters. The summed E-state index contributed by atoms with van der Waals surface area (Å²) in [5, 5.41) is 9.57. The number of carboxylic acid groups (broad SMARTS) is 1. The average molecular weight is 321 g/mol. The monoisotopic (exact) mass is 320 g/mol. The highest BCUT2D eigenvalue weighted by Gasteiger charge is 2.17. The molecule has 0 aliphatic carbocycles. The van der Waals surface area contributed by atoms with Crippen molar-refractivity contribution in [3.8, 4) is 0 Å². The van der Waals surface area contributed by atoms with Crippen LogP contribution in [0.25, 0.3) is 5.03 Å². The lowest BCUT2D eigenvalue weighted by Gasteiger charge is -2.04. The van der Waals surface area contributed by atoms with Crippen LogP contribution >= 0.6 is 11.6 Å². The number of benzene rings is 1. The summed E-state index contributed by atoms with van der Waals surface area (Å²) in [6.07, 6.45) is 2.97. The molecular formula is C17H17ClO4. The van der Waals surface area contributed by atoms with Gasteiger partial charge in [-0.25, -0.2) is 9.59 Å². The molecule has 0 bridgehead atoms. The smallest absolute Gasteiger partial charge is 0.345 e. The number of rotatable bonds is 5. The Labute approximate surface area is 134 Å². The van der Waals surface area contributed by atoms with Crippen molar-refractivity contribution in [1.29, 1.82) is 0 Å². The van der Waals surface area contributed by atoms with E-state index in [0.29, 0.717) is 10.6 Å². The normalized spacial score (nSPS) is 13.5. The van der Waals surface area contributed by atoms with Crippen molar-refractivity contribution < 1.29 is 19.4 Å². The number of hydrogen-bond acceptors (Lipinski definition) is 3. The Morgan fingerprint density at radius 3 is 2.23 bits per heavy atom. The highest BCUT2D eigenvalue weighted by Crippen LogP contribution is 2.24. The van der Waals surface area contributed by atoms with Crippen molar-refractivity contribution >= 4 is 28.6 Å². The number of carbonyl (C=O) groups is 2. The first kappa shape index (κ1) is 17.7. The Morgan fingerprint density at radius 2 is 1.73 bits per heavy atom. The number of aliphatic carboxylic acids is 1. The Kier molecular flexibility index (Phi) is 6.60. The van der Waals surface area contributed by atoms with Crippen LogP contribution in [0, 0.1) is 0 Å². The molecule has 0 radical (unpaired) electrons. The number of carbonyl (C=O) groups excluding carboxylic acids is 1. The molecule has 5 heteroatoms. The zero-order chi connectivity index (χ0) is 16.7. The second-order valence-electron chi connectivity index (χ2n) is 4.61. The van der Waals surface area contributed by atoms with Gasteiger partial charge in [0.05, 0.1) is 12.1 Å². The molecule has 1 N–H and O–H groups in total. The number of hydrogen-bond donors (Lipinski definition) is 1. The van der Waals surface area contributed by atoms with Crippen LogP contribution in [-0.2, 0) is 14.3 Å².